The highest BCUT2D eigenvalue weighted by atomic mass is 16.5. The second-order valence-electron chi connectivity index (χ2n) is 5.92. The van der Waals surface area contributed by atoms with E-state index in [1.54, 1.807) is 7.05 Å². The smallest absolute Gasteiger partial charge is 0.330 e. The van der Waals surface area contributed by atoms with Crippen molar-refractivity contribution in [3.05, 3.63) is 35.4 Å². The quantitative estimate of drug-likeness (QED) is 0.849. The summed E-state index contributed by atoms with van der Waals surface area (Å²) in [5.41, 5.74) is 1.48. The molecule has 0 heterocycles. The van der Waals surface area contributed by atoms with E-state index in [2.05, 4.69) is 38.2 Å². The Balaban J connectivity index is 3.10. The standard InChI is InChI=1S/C16H25NO2/c1-7-19-14(18)16(5,17-6)13-10-8-12(9-11-13)15(2,3)4/h8-11,17H,7H2,1-6H3. The SMILES string of the molecule is CCOC(=O)C(C)(NC)c1ccc(C(C)(C)C)cc1. The molecule has 3 nitrogen and oxygen atoms in total. The van der Waals surface area contributed by atoms with Gasteiger partial charge in [-0.3, -0.25) is 0 Å². The molecule has 1 N–H and O–H groups in total. The van der Waals surface area contributed by atoms with Crippen LogP contribution in [-0.2, 0) is 20.5 Å². The molecule has 1 unspecified atom stereocenters. The molecule has 0 aliphatic carbocycles. The van der Waals surface area contributed by atoms with Gasteiger partial charge in [0.1, 0.15) is 5.54 Å². The van der Waals surface area contributed by atoms with E-state index in [0.717, 1.165) is 5.56 Å². The predicted molar refractivity (Wildman–Crippen MR) is 78.2 cm³/mol. The van der Waals surface area contributed by atoms with Gasteiger partial charge < -0.3 is 10.1 Å². The Hall–Kier alpha value is -1.35. The first-order valence-electron chi connectivity index (χ1n) is 6.73. The summed E-state index contributed by atoms with van der Waals surface area (Å²) in [4.78, 5) is 12.1. The first-order valence-corrected chi connectivity index (χ1v) is 6.73. The van der Waals surface area contributed by atoms with Crippen LogP contribution < -0.4 is 5.32 Å². The number of ether oxygens (including phenoxy) is 1. The van der Waals surface area contributed by atoms with Crippen molar-refractivity contribution in [3.8, 4) is 0 Å². The zero-order valence-corrected chi connectivity index (χ0v) is 12.8. The normalized spacial score (nSPS) is 14.8. The zero-order chi connectivity index (χ0) is 14.7. The summed E-state index contributed by atoms with van der Waals surface area (Å²) < 4.78 is 5.15. The fourth-order valence-corrected chi connectivity index (χ4v) is 1.94. The molecule has 0 saturated carbocycles. The molecule has 0 aromatic heterocycles. The topological polar surface area (TPSA) is 38.3 Å². The molecule has 0 fully saturated rings. The highest BCUT2D eigenvalue weighted by molar-refractivity contribution is 5.82. The van der Waals surface area contributed by atoms with Crippen molar-refractivity contribution < 1.29 is 9.53 Å². The molecule has 0 aliphatic heterocycles. The molecule has 0 bridgehead atoms. The molecule has 106 valence electrons. The molecule has 1 atom stereocenters. The molecule has 19 heavy (non-hydrogen) atoms. The Morgan fingerprint density at radius 1 is 1.11 bits per heavy atom. The van der Waals surface area contributed by atoms with Crippen LogP contribution in [0.5, 0.6) is 0 Å². The minimum Gasteiger partial charge on any atom is -0.464 e. The van der Waals surface area contributed by atoms with Gasteiger partial charge in [0, 0.05) is 0 Å². The van der Waals surface area contributed by atoms with E-state index < -0.39 is 5.54 Å². The molecule has 0 amide bonds. The number of hydrogen-bond donors (Lipinski definition) is 1. The van der Waals surface area contributed by atoms with Crippen molar-refractivity contribution in [1.29, 1.82) is 0 Å². The van der Waals surface area contributed by atoms with Gasteiger partial charge in [0.15, 0.2) is 0 Å². The van der Waals surface area contributed by atoms with Crippen LogP contribution in [0.1, 0.15) is 45.7 Å². The number of carbonyl (C=O) groups is 1. The molecule has 0 saturated heterocycles. The maximum atomic E-state index is 12.1. The average Bonchev–Trinajstić information content (AvgIpc) is 2.37. The molecular weight excluding hydrogens is 238 g/mol. The third kappa shape index (κ3) is 3.35. The third-order valence-corrected chi connectivity index (χ3v) is 3.51. The van der Waals surface area contributed by atoms with E-state index in [-0.39, 0.29) is 11.4 Å². The number of carbonyl (C=O) groups excluding carboxylic acids is 1. The molecular formula is C16H25NO2. The van der Waals surface area contributed by atoms with Crippen LogP contribution in [0.3, 0.4) is 0 Å². The summed E-state index contributed by atoms with van der Waals surface area (Å²) in [5, 5.41) is 3.06. The number of likely N-dealkylation sites (N-methyl/N-ethyl adjacent to an activating group) is 1. The average molecular weight is 263 g/mol. The molecule has 1 rings (SSSR count). The number of nitrogens with one attached hydrogen (secondary N) is 1. The van der Waals surface area contributed by atoms with Gasteiger partial charge >= 0.3 is 5.97 Å². The van der Waals surface area contributed by atoms with Gasteiger partial charge in [0.05, 0.1) is 6.61 Å². The zero-order valence-electron chi connectivity index (χ0n) is 12.8. The lowest BCUT2D eigenvalue weighted by Gasteiger charge is -2.28. The fourth-order valence-electron chi connectivity index (χ4n) is 1.94. The highest BCUT2D eigenvalue weighted by Crippen LogP contribution is 2.27. The van der Waals surface area contributed by atoms with Crippen molar-refractivity contribution in [1.82, 2.24) is 5.32 Å². The van der Waals surface area contributed by atoms with Gasteiger partial charge in [0.2, 0.25) is 0 Å². The van der Waals surface area contributed by atoms with Crippen molar-refractivity contribution in [2.75, 3.05) is 13.7 Å². The molecule has 0 radical (unpaired) electrons. The molecule has 0 aliphatic rings. The van der Waals surface area contributed by atoms with Crippen molar-refractivity contribution in [2.45, 2.75) is 45.6 Å². The van der Waals surface area contributed by atoms with Gasteiger partial charge in [-0.15, -0.1) is 0 Å². The number of benzene rings is 1. The lowest BCUT2D eigenvalue weighted by molar-refractivity contribution is -0.150. The number of hydrogen-bond acceptors (Lipinski definition) is 3. The Morgan fingerprint density at radius 2 is 1.58 bits per heavy atom. The lowest BCUT2D eigenvalue weighted by atomic mass is 9.84. The van der Waals surface area contributed by atoms with E-state index in [4.69, 9.17) is 4.74 Å². The summed E-state index contributed by atoms with van der Waals surface area (Å²) in [7, 11) is 1.77. The maximum absolute atomic E-state index is 12.1. The predicted octanol–water partition coefficient (Wildman–Crippen LogP) is 2.98. The van der Waals surface area contributed by atoms with E-state index in [1.807, 2.05) is 26.0 Å². The number of esters is 1. The number of rotatable bonds is 4. The molecule has 1 aromatic carbocycles. The van der Waals surface area contributed by atoms with Crippen molar-refractivity contribution in [3.63, 3.8) is 0 Å². The second kappa shape index (κ2) is 5.74. The minimum absolute atomic E-state index is 0.110. The summed E-state index contributed by atoms with van der Waals surface area (Å²) in [6, 6.07) is 8.14. The Kier molecular flexibility index (Phi) is 4.75. The lowest BCUT2D eigenvalue weighted by Crippen LogP contribution is -2.45. The Labute approximate surface area is 116 Å². The van der Waals surface area contributed by atoms with Crippen LogP contribution in [0, 0.1) is 0 Å². The second-order valence-corrected chi connectivity index (χ2v) is 5.92. The molecule has 1 aromatic rings. The van der Waals surface area contributed by atoms with Crippen LogP contribution >= 0.6 is 0 Å². The van der Waals surface area contributed by atoms with Crippen LogP contribution in [-0.4, -0.2) is 19.6 Å². The van der Waals surface area contributed by atoms with Gasteiger partial charge in [-0.25, -0.2) is 4.79 Å². The molecule has 3 heteroatoms. The highest BCUT2D eigenvalue weighted by Gasteiger charge is 2.35. The van der Waals surface area contributed by atoms with E-state index in [9.17, 15) is 4.79 Å². The van der Waals surface area contributed by atoms with Gasteiger partial charge in [-0.05, 0) is 37.4 Å². The summed E-state index contributed by atoms with van der Waals surface area (Å²) >= 11 is 0. The maximum Gasteiger partial charge on any atom is 0.330 e. The first kappa shape index (κ1) is 15.7. The van der Waals surface area contributed by atoms with E-state index >= 15 is 0 Å². The van der Waals surface area contributed by atoms with Crippen LogP contribution in [0.4, 0.5) is 0 Å². The van der Waals surface area contributed by atoms with E-state index in [0.29, 0.717) is 6.61 Å². The van der Waals surface area contributed by atoms with Crippen molar-refractivity contribution >= 4 is 5.97 Å². The Morgan fingerprint density at radius 3 is 1.95 bits per heavy atom. The largest absolute Gasteiger partial charge is 0.464 e. The summed E-state index contributed by atoms with van der Waals surface area (Å²) in [5.74, 6) is -0.249. The summed E-state index contributed by atoms with van der Waals surface area (Å²) in [6.45, 7) is 10.6. The first-order chi connectivity index (χ1) is 8.75. The van der Waals surface area contributed by atoms with Crippen LogP contribution in [0.15, 0.2) is 24.3 Å². The monoisotopic (exact) mass is 263 g/mol. The third-order valence-electron chi connectivity index (χ3n) is 3.51. The van der Waals surface area contributed by atoms with E-state index in [1.165, 1.54) is 5.56 Å². The molecule has 0 spiro atoms. The van der Waals surface area contributed by atoms with Crippen LogP contribution in [0.25, 0.3) is 0 Å². The summed E-state index contributed by atoms with van der Waals surface area (Å²) in [6.07, 6.45) is 0. The Bertz CT molecular complexity index is 431. The van der Waals surface area contributed by atoms with Gasteiger partial charge in [-0.1, -0.05) is 45.0 Å². The van der Waals surface area contributed by atoms with Crippen molar-refractivity contribution in [2.24, 2.45) is 0 Å². The fraction of sp³-hybridized carbons (Fsp3) is 0.562. The minimum atomic E-state index is -0.799. The van der Waals surface area contributed by atoms with Gasteiger partial charge in [-0.2, -0.15) is 0 Å². The van der Waals surface area contributed by atoms with Gasteiger partial charge in [0.25, 0.3) is 0 Å². The van der Waals surface area contributed by atoms with Crippen LogP contribution in [0.2, 0.25) is 0 Å².